The molecule has 0 unspecified atom stereocenters. The van der Waals surface area contributed by atoms with Crippen LogP contribution in [0.2, 0.25) is 0 Å². The maximum atomic E-state index is 12.5. The van der Waals surface area contributed by atoms with Gasteiger partial charge < -0.3 is 10.1 Å². The highest BCUT2D eigenvalue weighted by atomic mass is 32.2. The number of aromatic nitrogens is 1. The molecule has 1 amide bonds. The van der Waals surface area contributed by atoms with Gasteiger partial charge in [0.2, 0.25) is 15.9 Å². The Morgan fingerprint density at radius 2 is 1.62 bits per heavy atom. The molecule has 0 aliphatic rings. The molecule has 3 aromatic rings. The van der Waals surface area contributed by atoms with Gasteiger partial charge in [0.05, 0.1) is 11.9 Å². The summed E-state index contributed by atoms with van der Waals surface area (Å²) in [6.07, 6.45) is 4.34. The second kappa shape index (κ2) is 8.74. The Hall–Kier alpha value is -3.39. The van der Waals surface area contributed by atoms with Crippen LogP contribution in [0.25, 0.3) is 0 Å². The summed E-state index contributed by atoms with van der Waals surface area (Å²) in [5.41, 5.74) is 1.78. The number of hydrogen-bond acceptors (Lipinski definition) is 5. The lowest BCUT2D eigenvalue weighted by atomic mass is 10.2. The van der Waals surface area contributed by atoms with Gasteiger partial charge in [-0.1, -0.05) is 18.2 Å². The average Bonchev–Trinajstić information content (AvgIpc) is 2.68. The van der Waals surface area contributed by atoms with Gasteiger partial charge in [-0.15, -0.1) is 0 Å². The molecule has 0 fully saturated rings. The van der Waals surface area contributed by atoms with Crippen LogP contribution < -0.4 is 14.4 Å². The first-order chi connectivity index (χ1) is 13.8. The molecule has 8 heteroatoms. The summed E-state index contributed by atoms with van der Waals surface area (Å²) < 4.78 is 31.2. The van der Waals surface area contributed by atoms with E-state index in [1.807, 2.05) is 6.07 Å². The van der Waals surface area contributed by atoms with Gasteiger partial charge in [-0.05, 0) is 55.0 Å². The van der Waals surface area contributed by atoms with E-state index in [1.165, 1.54) is 0 Å². The third-order valence-corrected chi connectivity index (χ3v) is 5.22. The highest BCUT2D eigenvalue weighted by Gasteiger charge is 2.22. The van der Waals surface area contributed by atoms with E-state index in [0.717, 1.165) is 16.1 Å². The molecule has 1 aromatic heterocycles. The fraction of sp³-hybridized carbons (Fsp3) is 0.143. The van der Waals surface area contributed by atoms with Crippen molar-refractivity contribution in [3.63, 3.8) is 0 Å². The molecule has 29 heavy (non-hydrogen) atoms. The van der Waals surface area contributed by atoms with Crippen molar-refractivity contribution in [1.82, 2.24) is 4.98 Å². The van der Waals surface area contributed by atoms with Crippen molar-refractivity contribution in [1.29, 1.82) is 0 Å². The van der Waals surface area contributed by atoms with E-state index in [2.05, 4.69) is 10.3 Å². The number of nitrogens with zero attached hydrogens (tertiary/aromatic N) is 2. The Balaban J connectivity index is 1.68. The maximum Gasteiger partial charge on any atom is 0.245 e. The lowest BCUT2D eigenvalue weighted by molar-refractivity contribution is -0.114. The number of rotatable bonds is 7. The SMILES string of the molecule is Cc1ccccc1N(CC(=O)Nc1ccc(Oc2ccncc2)cc1)S(C)(=O)=O. The third-order valence-electron chi connectivity index (χ3n) is 4.10. The largest absolute Gasteiger partial charge is 0.457 e. The number of carbonyl (C=O) groups is 1. The second-order valence-corrected chi connectivity index (χ2v) is 8.32. The number of sulfonamides is 1. The zero-order chi connectivity index (χ0) is 20.9. The van der Waals surface area contributed by atoms with Crippen molar-refractivity contribution in [3.05, 3.63) is 78.6 Å². The molecule has 0 saturated carbocycles. The van der Waals surface area contributed by atoms with Crippen LogP contribution in [0.3, 0.4) is 0 Å². The Labute approximate surface area is 170 Å². The average molecular weight is 411 g/mol. The van der Waals surface area contributed by atoms with Crippen LogP contribution in [0, 0.1) is 6.92 Å². The molecule has 1 heterocycles. The van der Waals surface area contributed by atoms with Gasteiger partial charge in [0.1, 0.15) is 18.0 Å². The number of aryl methyl sites for hydroxylation is 1. The number of ether oxygens (including phenoxy) is 1. The number of hydrogen-bond donors (Lipinski definition) is 1. The zero-order valence-corrected chi connectivity index (χ0v) is 16.9. The number of para-hydroxylation sites is 1. The van der Waals surface area contributed by atoms with E-state index in [1.54, 1.807) is 73.9 Å². The topological polar surface area (TPSA) is 88.6 Å². The van der Waals surface area contributed by atoms with Crippen LogP contribution in [0.1, 0.15) is 5.56 Å². The summed E-state index contributed by atoms with van der Waals surface area (Å²) in [5, 5.41) is 2.71. The lowest BCUT2D eigenvalue weighted by Gasteiger charge is -2.23. The first kappa shape index (κ1) is 20.3. The van der Waals surface area contributed by atoms with Gasteiger partial charge in [0.15, 0.2) is 0 Å². The molecule has 0 saturated heterocycles. The molecule has 0 aliphatic carbocycles. The van der Waals surface area contributed by atoms with Crippen molar-refractivity contribution < 1.29 is 17.9 Å². The lowest BCUT2D eigenvalue weighted by Crippen LogP contribution is -2.37. The fourth-order valence-corrected chi connectivity index (χ4v) is 3.62. The quantitative estimate of drug-likeness (QED) is 0.642. The van der Waals surface area contributed by atoms with E-state index in [9.17, 15) is 13.2 Å². The molecule has 0 spiro atoms. The molecule has 0 aliphatic heterocycles. The van der Waals surface area contributed by atoms with Crippen LogP contribution in [-0.4, -0.2) is 32.1 Å². The summed E-state index contributed by atoms with van der Waals surface area (Å²) in [6.45, 7) is 1.48. The monoisotopic (exact) mass is 411 g/mol. The minimum atomic E-state index is -3.62. The Bertz CT molecular complexity index is 1080. The van der Waals surface area contributed by atoms with Crippen LogP contribution in [-0.2, 0) is 14.8 Å². The second-order valence-electron chi connectivity index (χ2n) is 6.41. The van der Waals surface area contributed by atoms with E-state index in [0.29, 0.717) is 22.9 Å². The van der Waals surface area contributed by atoms with Gasteiger partial charge in [0.25, 0.3) is 0 Å². The predicted molar refractivity (Wildman–Crippen MR) is 113 cm³/mol. The Morgan fingerprint density at radius 3 is 2.24 bits per heavy atom. The van der Waals surface area contributed by atoms with Crippen LogP contribution in [0.4, 0.5) is 11.4 Å². The number of anilines is 2. The maximum absolute atomic E-state index is 12.5. The highest BCUT2D eigenvalue weighted by Crippen LogP contribution is 2.24. The molecule has 7 nitrogen and oxygen atoms in total. The van der Waals surface area contributed by atoms with Crippen molar-refractivity contribution in [2.75, 3.05) is 22.4 Å². The number of amides is 1. The molecule has 2 aromatic carbocycles. The summed E-state index contributed by atoms with van der Waals surface area (Å²) in [4.78, 5) is 16.4. The van der Waals surface area contributed by atoms with Crippen LogP contribution >= 0.6 is 0 Å². The van der Waals surface area contributed by atoms with Gasteiger partial charge in [-0.25, -0.2) is 8.42 Å². The minimum absolute atomic E-state index is 0.320. The Kier molecular flexibility index (Phi) is 6.13. The first-order valence-electron chi connectivity index (χ1n) is 8.84. The van der Waals surface area contributed by atoms with Gasteiger partial charge in [-0.2, -0.15) is 0 Å². The number of benzene rings is 2. The van der Waals surface area contributed by atoms with Crippen LogP contribution in [0.15, 0.2) is 73.1 Å². The number of carbonyl (C=O) groups excluding carboxylic acids is 1. The standard InChI is InChI=1S/C21H21N3O4S/c1-16-5-3-4-6-20(16)24(29(2,26)27)15-21(25)23-17-7-9-18(10-8-17)28-19-11-13-22-14-12-19/h3-14H,15H2,1-2H3,(H,23,25). The molecule has 0 bridgehead atoms. The molecule has 0 radical (unpaired) electrons. The van der Waals surface area contributed by atoms with Gasteiger partial charge >= 0.3 is 0 Å². The fourth-order valence-electron chi connectivity index (χ4n) is 2.70. The summed E-state index contributed by atoms with van der Waals surface area (Å²) >= 11 is 0. The van der Waals surface area contributed by atoms with Crippen LogP contribution in [0.5, 0.6) is 11.5 Å². The number of pyridine rings is 1. The molecule has 150 valence electrons. The van der Waals surface area contributed by atoms with Crippen molar-refractivity contribution in [2.24, 2.45) is 0 Å². The molecular formula is C21H21N3O4S. The van der Waals surface area contributed by atoms with E-state index in [-0.39, 0.29) is 6.54 Å². The predicted octanol–water partition coefficient (Wildman–Crippen LogP) is 3.59. The molecular weight excluding hydrogens is 390 g/mol. The molecule has 0 atom stereocenters. The van der Waals surface area contributed by atoms with E-state index in [4.69, 9.17) is 4.74 Å². The third kappa shape index (κ3) is 5.55. The summed E-state index contributed by atoms with van der Waals surface area (Å²) in [5.74, 6) is 0.812. The minimum Gasteiger partial charge on any atom is -0.457 e. The normalized spacial score (nSPS) is 11.0. The van der Waals surface area contributed by atoms with Crippen molar-refractivity contribution >= 4 is 27.3 Å². The van der Waals surface area contributed by atoms with Gasteiger partial charge in [-0.3, -0.25) is 14.1 Å². The summed E-state index contributed by atoms with van der Waals surface area (Å²) in [6, 6.07) is 17.3. The zero-order valence-electron chi connectivity index (χ0n) is 16.1. The highest BCUT2D eigenvalue weighted by molar-refractivity contribution is 7.92. The molecule has 1 N–H and O–H groups in total. The Morgan fingerprint density at radius 1 is 1.00 bits per heavy atom. The first-order valence-corrected chi connectivity index (χ1v) is 10.7. The smallest absolute Gasteiger partial charge is 0.245 e. The van der Waals surface area contributed by atoms with Crippen molar-refractivity contribution in [2.45, 2.75) is 6.92 Å². The number of nitrogens with one attached hydrogen (secondary N) is 1. The van der Waals surface area contributed by atoms with E-state index < -0.39 is 15.9 Å². The van der Waals surface area contributed by atoms with E-state index >= 15 is 0 Å². The summed E-state index contributed by atoms with van der Waals surface area (Å²) in [7, 11) is -3.62. The molecule has 3 rings (SSSR count). The van der Waals surface area contributed by atoms with Crippen molar-refractivity contribution in [3.8, 4) is 11.5 Å². The van der Waals surface area contributed by atoms with Gasteiger partial charge in [0, 0.05) is 18.1 Å².